The van der Waals surface area contributed by atoms with Crippen molar-refractivity contribution < 1.29 is 28.7 Å². The first-order valence-corrected chi connectivity index (χ1v) is 17.8. The van der Waals surface area contributed by atoms with E-state index in [1.165, 1.54) is 0 Å². The van der Waals surface area contributed by atoms with Gasteiger partial charge in [0.15, 0.2) is 23.8 Å². The van der Waals surface area contributed by atoms with Gasteiger partial charge in [0.25, 0.3) is 6.47 Å². The van der Waals surface area contributed by atoms with Crippen molar-refractivity contribution in [3.63, 3.8) is 0 Å². The average molecular weight is 695 g/mol. The molecular weight excluding hydrogens is 636 g/mol. The van der Waals surface area contributed by atoms with Crippen molar-refractivity contribution in [2.75, 3.05) is 0 Å². The van der Waals surface area contributed by atoms with Crippen LogP contribution in [0.5, 0.6) is 0 Å². The lowest BCUT2D eigenvalue weighted by Crippen LogP contribution is -2.38. The molecule has 0 radical (unpaired) electrons. The molecule has 2 unspecified atom stereocenters. The number of ether oxygens (including phenoxy) is 2. The van der Waals surface area contributed by atoms with Gasteiger partial charge in [-0.15, -0.1) is 0 Å². The maximum Gasteiger partial charge on any atom is 0.306 e. The molecule has 0 amide bonds. The third-order valence-electron chi connectivity index (χ3n) is 9.22. The van der Waals surface area contributed by atoms with E-state index in [9.17, 15) is 19.2 Å². The van der Waals surface area contributed by atoms with Crippen LogP contribution in [0.3, 0.4) is 0 Å². The molecule has 0 aromatic heterocycles. The van der Waals surface area contributed by atoms with E-state index in [0.717, 1.165) is 33.4 Å². The summed E-state index contributed by atoms with van der Waals surface area (Å²) < 4.78 is 10.5. The second-order valence-corrected chi connectivity index (χ2v) is 14.8. The van der Waals surface area contributed by atoms with Crippen molar-refractivity contribution in [1.29, 1.82) is 0 Å². The Labute approximate surface area is 306 Å². The summed E-state index contributed by atoms with van der Waals surface area (Å²) in [7, 11) is 0. The van der Waals surface area contributed by atoms with Gasteiger partial charge >= 0.3 is 5.97 Å². The van der Waals surface area contributed by atoms with Crippen molar-refractivity contribution >= 4 is 24.0 Å². The summed E-state index contributed by atoms with van der Waals surface area (Å²) in [6, 6.07) is 0. The first-order valence-electron chi connectivity index (χ1n) is 17.8. The first kappa shape index (κ1) is 42.6. The predicted molar refractivity (Wildman–Crippen MR) is 209 cm³/mol. The van der Waals surface area contributed by atoms with Gasteiger partial charge in [-0.3, -0.25) is 19.2 Å². The number of allylic oxidation sites excluding steroid dienone is 20. The number of carbonyl (C=O) groups is 4. The molecule has 2 aliphatic carbocycles. The largest absolute Gasteiger partial charge is 0.456 e. The van der Waals surface area contributed by atoms with Gasteiger partial charge < -0.3 is 9.47 Å². The second-order valence-electron chi connectivity index (χ2n) is 14.8. The number of hydrogen-bond donors (Lipinski definition) is 0. The fraction of sp³-hybridized carbons (Fsp3) is 0.422. The van der Waals surface area contributed by atoms with E-state index in [-0.39, 0.29) is 28.4 Å². The zero-order chi connectivity index (χ0) is 38.4. The zero-order valence-corrected chi connectivity index (χ0v) is 32.6. The first-order chi connectivity index (χ1) is 23.9. The monoisotopic (exact) mass is 694 g/mol. The van der Waals surface area contributed by atoms with E-state index in [1.54, 1.807) is 6.92 Å². The van der Waals surface area contributed by atoms with Crippen LogP contribution in [-0.4, -0.2) is 36.2 Å². The number of hydrogen-bond acceptors (Lipinski definition) is 6. The molecule has 0 aromatic carbocycles. The van der Waals surface area contributed by atoms with Crippen LogP contribution in [0.15, 0.2) is 130 Å². The molecule has 0 saturated heterocycles. The van der Waals surface area contributed by atoms with E-state index in [0.29, 0.717) is 43.3 Å². The molecule has 6 nitrogen and oxygen atoms in total. The summed E-state index contributed by atoms with van der Waals surface area (Å²) in [5, 5.41) is 0. The molecule has 6 heteroatoms. The highest BCUT2D eigenvalue weighted by Gasteiger charge is 2.40. The number of carbonyl (C=O) groups excluding carboxylic acids is 4. The summed E-state index contributed by atoms with van der Waals surface area (Å²) in [5.41, 5.74) is 6.96. The van der Waals surface area contributed by atoms with Crippen LogP contribution in [0.4, 0.5) is 0 Å². The van der Waals surface area contributed by atoms with Crippen LogP contribution < -0.4 is 0 Å². The lowest BCUT2D eigenvalue weighted by Gasteiger charge is -2.36. The highest BCUT2D eigenvalue weighted by atomic mass is 16.5. The molecule has 51 heavy (non-hydrogen) atoms. The number of ketones is 2. The fourth-order valence-corrected chi connectivity index (χ4v) is 6.26. The average Bonchev–Trinajstić information content (AvgIpc) is 3.04. The summed E-state index contributed by atoms with van der Waals surface area (Å²) in [4.78, 5) is 48.4. The van der Waals surface area contributed by atoms with Crippen LogP contribution in [0.2, 0.25) is 0 Å². The topological polar surface area (TPSA) is 86.7 Å². The molecule has 0 N–H and O–H groups in total. The molecule has 0 aliphatic heterocycles. The molecule has 0 bridgehead atoms. The van der Waals surface area contributed by atoms with Crippen LogP contribution in [0.25, 0.3) is 0 Å². The van der Waals surface area contributed by atoms with Gasteiger partial charge in [-0.1, -0.05) is 142 Å². The van der Waals surface area contributed by atoms with E-state index in [4.69, 9.17) is 9.47 Å². The zero-order valence-electron chi connectivity index (χ0n) is 32.6. The smallest absolute Gasteiger partial charge is 0.306 e. The Hall–Kier alpha value is -4.58. The number of Topliss-reactive ketones (excluding diaryl/α,β-unsaturated/α-hetero) is 2. The molecule has 274 valence electrons. The van der Waals surface area contributed by atoms with Crippen LogP contribution >= 0.6 is 0 Å². The fourth-order valence-electron chi connectivity index (χ4n) is 6.26. The Balaban J connectivity index is 1.97. The Morgan fingerprint density at radius 2 is 1.06 bits per heavy atom. The normalized spacial score (nSPS) is 22.5. The van der Waals surface area contributed by atoms with Gasteiger partial charge in [0, 0.05) is 19.3 Å². The maximum atomic E-state index is 13.0. The lowest BCUT2D eigenvalue weighted by molar-refractivity contribution is -0.156. The molecular formula is C45H58O6. The van der Waals surface area contributed by atoms with Gasteiger partial charge in [-0.2, -0.15) is 0 Å². The van der Waals surface area contributed by atoms with E-state index < -0.39 is 12.2 Å². The molecule has 0 aromatic rings. The number of esters is 1. The van der Waals surface area contributed by atoms with Gasteiger partial charge in [-0.05, 0) is 81.1 Å². The molecule has 2 atom stereocenters. The van der Waals surface area contributed by atoms with Gasteiger partial charge in [-0.25, -0.2) is 0 Å². The third-order valence-corrected chi connectivity index (χ3v) is 9.22. The van der Waals surface area contributed by atoms with Crippen molar-refractivity contribution in [1.82, 2.24) is 0 Å². The summed E-state index contributed by atoms with van der Waals surface area (Å²) in [6.45, 7) is 22.3. The van der Waals surface area contributed by atoms with Crippen LogP contribution in [-0.2, 0) is 28.7 Å². The van der Waals surface area contributed by atoms with Gasteiger partial charge in [0.05, 0.1) is 0 Å². The minimum atomic E-state index is -0.715. The SMILES string of the molecule is CCCC(=O)OC1CC(C)(C)C(/C=C/C(C)=C/C=C/C(C)=C/C=C/C=C(C)/C=C/C=C(C)/C=C/C2=C(C)C(=O)C(OC=O)CC2(C)C)=C(C)C1=O. The highest BCUT2D eigenvalue weighted by Crippen LogP contribution is 2.42. The minimum absolute atomic E-state index is 0.109. The Morgan fingerprint density at radius 1 is 0.667 bits per heavy atom. The van der Waals surface area contributed by atoms with E-state index >= 15 is 0 Å². The van der Waals surface area contributed by atoms with Gasteiger partial charge in [0.1, 0.15) is 0 Å². The van der Waals surface area contributed by atoms with Crippen LogP contribution in [0, 0.1) is 10.8 Å². The second kappa shape index (κ2) is 19.7. The quantitative estimate of drug-likeness (QED) is 0.0963. The van der Waals surface area contributed by atoms with E-state index in [2.05, 4.69) is 27.7 Å². The lowest BCUT2D eigenvalue weighted by atomic mass is 9.71. The highest BCUT2D eigenvalue weighted by molar-refractivity contribution is 6.02. The summed E-state index contributed by atoms with van der Waals surface area (Å²) >= 11 is 0. The molecule has 0 heterocycles. The van der Waals surface area contributed by atoms with Crippen molar-refractivity contribution in [2.45, 2.75) is 114 Å². The van der Waals surface area contributed by atoms with Crippen molar-refractivity contribution in [3.8, 4) is 0 Å². The standard InChI is InChI=1S/C45H58O6/c1-12-17-41(47)51-40-29-45(10,11)38(36(7)43(40)49)27-25-34(5)23-16-21-32(3)19-14-13-18-31(2)20-15-22-33(4)24-26-37-35(6)42(48)39(50-30-46)28-44(37,8)9/h13-16,18-27,30,39-40H,12,17,28-29H2,1-11H3/b14-13+,20-15+,21-16+,26-24+,27-25+,31-18+,32-19+,33-22+,34-23+. The van der Waals surface area contributed by atoms with Gasteiger partial charge in [0.2, 0.25) is 0 Å². The molecule has 2 aliphatic rings. The summed E-state index contributed by atoms with van der Waals surface area (Å²) in [6.07, 6.45) is 28.9. The molecule has 0 fully saturated rings. The Bertz CT molecular complexity index is 1670. The maximum absolute atomic E-state index is 13.0. The minimum Gasteiger partial charge on any atom is -0.456 e. The summed E-state index contributed by atoms with van der Waals surface area (Å²) in [5.74, 6) is -0.558. The van der Waals surface area contributed by atoms with Crippen molar-refractivity contribution in [2.24, 2.45) is 10.8 Å². The molecule has 0 saturated carbocycles. The third kappa shape index (κ3) is 13.2. The number of rotatable bonds is 15. The Morgan fingerprint density at radius 3 is 1.49 bits per heavy atom. The van der Waals surface area contributed by atoms with Crippen LogP contribution in [0.1, 0.15) is 102 Å². The Kier molecular flexibility index (Phi) is 16.5. The van der Waals surface area contributed by atoms with Crippen molar-refractivity contribution in [3.05, 3.63) is 130 Å². The van der Waals surface area contributed by atoms with E-state index in [1.807, 2.05) is 127 Å². The predicted octanol–water partition coefficient (Wildman–Crippen LogP) is 10.4. The molecule has 0 spiro atoms. The molecule has 2 rings (SSSR count).